The van der Waals surface area contributed by atoms with Gasteiger partial charge in [0.1, 0.15) is 12.1 Å². The normalized spacial score (nSPS) is 13.0. The highest BCUT2D eigenvalue weighted by atomic mass is 16.5. The molecule has 0 aromatic heterocycles. The summed E-state index contributed by atoms with van der Waals surface area (Å²) >= 11 is 0. The Hall–Kier alpha value is -2.53. The van der Waals surface area contributed by atoms with Crippen LogP contribution in [0.4, 0.5) is 0 Å². The highest BCUT2D eigenvalue weighted by molar-refractivity contribution is 5.82. The van der Waals surface area contributed by atoms with Crippen molar-refractivity contribution < 1.29 is 14.3 Å². The van der Waals surface area contributed by atoms with E-state index < -0.39 is 6.04 Å². The summed E-state index contributed by atoms with van der Waals surface area (Å²) in [6.45, 7) is 2.23. The van der Waals surface area contributed by atoms with Crippen molar-refractivity contribution >= 4 is 5.91 Å². The topological polar surface area (TPSA) is 73.6 Å². The maximum absolute atomic E-state index is 12.1. The number of nitrogens with two attached hydrogens (primary N) is 1. The third-order valence-corrected chi connectivity index (χ3v) is 3.40. The first kappa shape index (κ1) is 16.8. The predicted octanol–water partition coefficient (Wildman–Crippen LogP) is 2.28. The van der Waals surface area contributed by atoms with Crippen LogP contribution in [0, 0.1) is 0 Å². The number of ether oxygens (including phenoxy) is 2. The molecular weight excluding hydrogens is 292 g/mol. The van der Waals surface area contributed by atoms with E-state index in [9.17, 15) is 4.79 Å². The lowest BCUT2D eigenvalue weighted by Crippen LogP contribution is -2.39. The van der Waals surface area contributed by atoms with Crippen molar-refractivity contribution in [3.8, 4) is 11.5 Å². The summed E-state index contributed by atoms with van der Waals surface area (Å²) in [6, 6.07) is 16.0. The van der Waals surface area contributed by atoms with Crippen LogP contribution in [0.15, 0.2) is 54.6 Å². The first-order chi connectivity index (χ1) is 11.1. The minimum atomic E-state index is -0.685. The van der Waals surface area contributed by atoms with Gasteiger partial charge >= 0.3 is 0 Å². The van der Waals surface area contributed by atoms with Crippen LogP contribution in [-0.4, -0.2) is 25.7 Å². The van der Waals surface area contributed by atoms with Crippen molar-refractivity contribution in [2.75, 3.05) is 13.7 Å². The second-order valence-electron chi connectivity index (χ2n) is 5.21. The zero-order valence-electron chi connectivity index (χ0n) is 13.4. The van der Waals surface area contributed by atoms with E-state index in [1.165, 1.54) is 0 Å². The molecule has 0 heterocycles. The van der Waals surface area contributed by atoms with Gasteiger partial charge in [-0.3, -0.25) is 4.79 Å². The molecule has 0 bridgehead atoms. The number of hydrogen-bond donors (Lipinski definition) is 2. The van der Waals surface area contributed by atoms with Crippen LogP contribution in [-0.2, 0) is 4.79 Å². The fourth-order valence-corrected chi connectivity index (χ4v) is 2.14. The number of rotatable bonds is 7. The first-order valence-corrected chi connectivity index (χ1v) is 7.49. The van der Waals surface area contributed by atoms with Gasteiger partial charge in [-0.05, 0) is 24.6 Å². The van der Waals surface area contributed by atoms with E-state index in [2.05, 4.69) is 5.32 Å². The van der Waals surface area contributed by atoms with Crippen LogP contribution in [0.2, 0.25) is 0 Å². The molecule has 5 nitrogen and oxygen atoms in total. The Balaban J connectivity index is 1.86. The Morgan fingerprint density at radius 2 is 1.70 bits per heavy atom. The van der Waals surface area contributed by atoms with Gasteiger partial charge < -0.3 is 20.5 Å². The predicted molar refractivity (Wildman–Crippen MR) is 89.5 cm³/mol. The third-order valence-electron chi connectivity index (χ3n) is 3.40. The third kappa shape index (κ3) is 4.72. The van der Waals surface area contributed by atoms with Crippen molar-refractivity contribution in [3.05, 3.63) is 60.2 Å². The number of amides is 1. The first-order valence-electron chi connectivity index (χ1n) is 7.49. The number of carbonyl (C=O) groups is 1. The molecule has 122 valence electrons. The quantitative estimate of drug-likeness (QED) is 0.822. The molecule has 2 aromatic rings. The molecule has 0 saturated carbocycles. The maximum Gasteiger partial charge on any atom is 0.241 e. The smallest absolute Gasteiger partial charge is 0.241 e. The van der Waals surface area contributed by atoms with Gasteiger partial charge in [-0.2, -0.15) is 0 Å². The Morgan fingerprint density at radius 3 is 2.35 bits per heavy atom. The lowest BCUT2D eigenvalue weighted by molar-refractivity contribution is -0.122. The van der Waals surface area contributed by atoms with Crippen LogP contribution in [0.3, 0.4) is 0 Å². The van der Waals surface area contributed by atoms with Gasteiger partial charge in [-0.1, -0.05) is 42.5 Å². The van der Waals surface area contributed by atoms with Crippen molar-refractivity contribution in [2.24, 2.45) is 5.73 Å². The van der Waals surface area contributed by atoms with Gasteiger partial charge in [0.2, 0.25) is 5.91 Å². The van der Waals surface area contributed by atoms with Crippen LogP contribution in [0.1, 0.15) is 18.5 Å². The molecule has 0 fully saturated rings. The molecular formula is C18H22N2O3. The molecule has 0 aliphatic heterocycles. The molecule has 0 saturated heterocycles. The minimum absolute atomic E-state index is 0.210. The number of benzene rings is 2. The molecule has 2 rings (SSSR count). The van der Waals surface area contributed by atoms with E-state index >= 15 is 0 Å². The maximum atomic E-state index is 12.1. The molecule has 5 heteroatoms. The summed E-state index contributed by atoms with van der Waals surface area (Å²) < 4.78 is 11.0. The summed E-state index contributed by atoms with van der Waals surface area (Å²) in [5.41, 5.74) is 6.73. The van der Waals surface area contributed by atoms with Gasteiger partial charge in [0.05, 0.1) is 13.7 Å². The summed E-state index contributed by atoms with van der Waals surface area (Å²) in [4.78, 5) is 12.1. The Bertz CT molecular complexity index is 631. The molecule has 0 aliphatic rings. The molecule has 0 radical (unpaired) electrons. The fraction of sp³-hybridized carbons (Fsp3) is 0.278. The summed E-state index contributed by atoms with van der Waals surface area (Å²) in [6.07, 6.45) is -0.210. The highest BCUT2D eigenvalue weighted by Crippen LogP contribution is 2.26. The highest BCUT2D eigenvalue weighted by Gasteiger charge is 2.16. The number of methoxy groups -OCH3 is 1. The molecule has 0 aliphatic carbocycles. The molecule has 3 N–H and O–H groups in total. The summed E-state index contributed by atoms with van der Waals surface area (Å²) in [5.74, 6) is 1.07. The second kappa shape index (κ2) is 8.19. The SMILES string of the molecule is COc1ccccc1OC(C)CNC(=O)C(N)c1ccccc1. The molecule has 23 heavy (non-hydrogen) atoms. The number of nitrogens with one attached hydrogen (secondary N) is 1. The number of hydrogen-bond acceptors (Lipinski definition) is 4. The summed E-state index contributed by atoms with van der Waals surface area (Å²) in [5, 5.41) is 2.81. The Morgan fingerprint density at radius 1 is 1.09 bits per heavy atom. The van der Waals surface area contributed by atoms with E-state index in [-0.39, 0.29) is 12.0 Å². The Kier molecular flexibility index (Phi) is 6.00. The molecule has 2 aromatic carbocycles. The van der Waals surface area contributed by atoms with Crippen molar-refractivity contribution in [1.82, 2.24) is 5.32 Å². The van der Waals surface area contributed by atoms with Gasteiger partial charge in [0.25, 0.3) is 0 Å². The van der Waals surface area contributed by atoms with E-state index in [1.54, 1.807) is 7.11 Å². The zero-order valence-corrected chi connectivity index (χ0v) is 13.4. The molecule has 2 unspecified atom stereocenters. The second-order valence-corrected chi connectivity index (χ2v) is 5.21. The molecule has 2 atom stereocenters. The number of para-hydroxylation sites is 2. The zero-order chi connectivity index (χ0) is 16.7. The van der Waals surface area contributed by atoms with E-state index in [4.69, 9.17) is 15.2 Å². The van der Waals surface area contributed by atoms with Gasteiger partial charge in [0.15, 0.2) is 11.5 Å². The van der Waals surface area contributed by atoms with Gasteiger partial charge in [0, 0.05) is 0 Å². The summed E-state index contributed by atoms with van der Waals surface area (Å²) in [7, 11) is 1.59. The van der Waals surface area contributed by atoms with E-state index in [0.29, 0.717) is 18.0 Å². The van der Waals surface area contributed by atoms with Crippen LogP contribution >= 0.6 is 0 Å². The van der Waals surface area contributed by atoms with Crippen LogP contribution in [0.5, 0.6) is 11.5 Å². The van der Waals surface area contributed by atoms with Gasteiger partial charge in [-0.15, -0.1) is 0 Å². The standard InChI is InChI=1S/C18H22N2O3/c1-13(23-16-11-7-6-10-15(16)22-2)12-20-18(21)17(19)14-8-4-3-5-9-14/h3-11,13,17H,12,19H2,1-2H3,(H,20,21). The molecule has 0 spiro atoms. The average molecular weight is 314 g/mol. The lowest BCUT2D eigenvalue weighted by Gasteiger charge is -2.19. The minimum Gasteiger partial charge on any atom is -0.493 e. The largest absolute Gasteiger partial charge is 0.493 e. The average Bonchev–Trinajstić information content (AvgIpc) is 2.60. The van der Waals surface area contributed by atoms with Gasteiger partial charge in [-0.25, -0.2) is 0 Å². The van der Waals surface area contributed by atoms with E-state index in [1.807, 2.05) is 61.5 Å². The van der Waals surface area contributed by atoms with Crippen molar-refractivity contribution in [1.29, 1.82) is 0 Å². The number of carbonyl (C=O) groups excluding carboxylic acids is 1. The van der Waals surface area contributed by atoms with Crippen molar-refractivity contribution in [3.63, 3.8) is 0 Å². The van der Waals surface area contributed by atoms with Crippen LogP contribution in [0.25, 0.3) is 0 Å². The lowest BCUT2D eigenvalue weighted by atomic mass is 10.1. The Labute approximate surface area is 136 Å². The molecule has 1 amide bonds. The van der Waals surface area contributed by atoms with Crippen molar-refractivity contribution in [2.45, 2.75) is 19.1 Å². The van der Waals surface area contributed by atoms with E-state index in [0.717, 1.165) is 5.56 Å². The van der Waals surface area contributed by atoms with Crippen LogP contribution < -0.4 is 20.5 Å². The fourth-order valence-electron chi connectivity index (χ4n) is 2.14. The monoisotopic (exact) mass is 314 g/mol.